The summed E-state index contributed by atoms with van der Waals surface area (Å²) in [5.74, 6) is 1.26. The minimum Gasteiger partial charge on any atom is -0.327 e. The van der Waals surface area contributed by atoms with Gasteiger partial charge in [-0.2, -0.15) is 0 Å². The van der Waals surface area contributed by atoms with Gasteiger partial charge in [0, 0.05) is 36.6 Å². The Kier molecular flexibility index (Phi) is 2.88. The highest BCUT2D eigenvalue weighted by Gasteiger charge is 2.27. The van der Waals surface area contributed by atoms with Crippen molar-refractivity contribution in [1.29, 1.82) is 0 Å². The quantitative estimate of drug-likeness (QED) is 0.804. The van der Waals surface area contributed by atoms with Crippen LogP contribution in [-0.4, -0.2) is 33.6 Å². The smallest absolute Gasteiger partial charge is 0.111 e. The first-order chi connectivity index (χ1) is 9.31. The number of imidazole rings is 1. The summed E-state index contributed by atoms with van der Waals surface area (Å²) in [5, 5.41) is 0. The van der Waals surface area contributed by atoms with Crippen molar-refractivity contribution < 1.29 is 0 Å². The fraction of sp³-hybridized carbons (Fsp3) is 0.533. The van der Waals surface area contributed by atoms with Gasteiger partial charge in [-0.05, 0) is 31.0 Å². The number of hydrogen-bond acceptors (Lipinski definition) is 2. The van der Waals surface area contributed by atoms with Gasteiger partial charge < -0.3 is 4.57 Å². The summed E-state index contributed by atoms with van der Waals surface area (Å²) >= 11 is 3.57. The normalized spacial score (nSPS) is 21.1. The average Bonchev–Trinajstić information content (AvgIpc) is 2.54. The van der Waals surface area contributed by atoms with E-state index in [4.69, 9.17) is 4.98 Å². The molecule has 1 aromatic heterocycles. The van der Waals surface area contributed by atoms with Gasteiger partial charge in [-0.15, -0.1) is 0 Å². The van der Waals surface area contributed by atoms with E-state index >= 15 is 0 Å². The highest BCUT2D eigenvalue weighted by molar-refractivity contribution is 9.10. The zero-order valence-electron chi connectivity index (χ0n) is 11.0. The summed E-state index contributed by atoms with van der Waals surface area (Å²) in [4.78, 5) is 7.48. The largest absolute Gasteiger partial charge is 0.327 e. The van der Waals surface area contributed by atoms with Crippen LogP contribution in [0.4, 0.5) is 0 Å². The van der Waals surface area contributed by atoms with Crippen LogP contribution in [0.2, 0.25) is 0 Å². The minimum absolute atomic E-state index is 0.850. The molecule has 0 atom stereocenters. The number of hydrogen-bond donors (Lipinski definition) is 0. The van der Waals surface area contributed by atoms with E-state index in [9.17, 15) is 0 Å². The standard InChI is InChI=1S/C15H18BrN3/c16-11-4-5-13-14(10-11)19-9-8-18(12-2-1-3-12)7-6-15(19)17-13/h4-5,10,12H,1-3,6-9H2. The lowest BCUT2D eigenvalue weighted by Gasteiger charge is -2.36. The van der Waals surface area contributed by atoms with E-state index in [1.54, 1.807) is 0 Å². The molecule has 0 radical (unpaired) electrons. The maximum Gasteiger partial charge on any atom is 0.111 e. The molecule has 19 heavy (non-hydrogen) atoms. The van der Waals surface area contributed by atoms with E-state index in [2.05, 4.69) is 43.6 Å². The molecule has 1 saturated carbocycles. The molecule has 2 aromatic rings. The summed E-state index contributed by atoms with van der Waals surface area (Å²) in [6, 6.07) is 7.24. The van der Waals surface area contributed by atoms with Crippen molar-refractivity contribution in [2.24, 2.45) is 0 Å². The number of fused-ring (bicyclic) bond motifs is 3. The van der Waals surface area contributed by atoms with Crippen LogP contribution in [0.25, 0.3) is 11.0 Å². The maximum absolute atomic E-state index is 4.81. The van der Waals surface area contributed by atoms with Crippen LogP contribution in [0.5, 0.6) is 0 Å². The van der Waals surface area contributed by atoms with E-state index in [1.807, 2.05) is 0 Å². The molecule has 2 aliphatic rings. The average molecular weight is 320 g/mol. The molecule has 1 aliphatic heterocycles. The van der Waals surface area contributed by atoms with Crippen LogP contribution in [-0.2, 0) is 13.0 Å². The van der Waals surface area contributed by atoms with Gasteiger partial charge in [0.1, 0.15) is 5.82 Å². The first-order valence-electron chi connectivity index (χ1n) is 7.20. The Labute approximate surface area is 121 Å². The second kappa shape index (κ2) is 4.60. The van der Waals surface area contributed by atoms with Crippen LogP contribution in [0, 0.1) is 0 Å². The molecular formula is C15H18BrN3. The Bertz CT molecular complexity index is 615. The van der Waals surface area contributed by atoms with Crippen molar-refractivity contribution in [3.05, 3.63) is 28.5 Å². The molecule has 4 heteroatoms. The molecule has 0 spiro atoms. The maximum atomic E-state index is 4.81. The number of benzene rings is 1. The summed E-state index contributed by atoms with van der Waals surface area (Å²) in [7, 11) is 0. The topological polar surface area (TPSA) is 21.1 Å². The molecule has 0 N–H and O–H groups in total. The van der Waals surface area contributed by atoms with Gasteiger partial charge in [-0.1, -0.05) is 22.4 Å². The predicted octanol–water partition coefficient (Wildman–Crippen LogP) is 3.21. The summed E-state index contributed by atoms with van der Waals surface area (Å²) in [5.41, 5.74) is 2.41. The lowest BCUT2D eigenvalue weighted by Crippen LogP contribution is -2.41. The highest BCUT2D eigenvalue weighted by atomic mass is 79.9. The third kappa shape index (κ3) is 2.01. The summed E-state index contributed by atoms with van der Waals surface area (Å²) < 4.78 is 3.56. The van der Waals surface area contributed by atoms with E-state index < -0.39 is 0 Å². The molecule has 0 amide bonds. The molecule has 2 heterocycles. The molecule has 1 aliphatic carbocycles. The zero-order chi connectivity index (χ0) is 12.8. The molecule has 1 fully saturated rings. The fourth-order valence-corrected chi connectivity index (χ4v) is 3.64. The number of aromatic nitrogens is 2. The van der Waals surface area contributed by atoms with Crippen molar-refractivity contribution in [3.8, 4) is 0 Å². The second-order valence-electron chi connectivity index (χ2n) is 5.68. The second-order valence-corrected chi connectivity index (χ2v) is 6.60. The van der Waals surface area contributed by atoms with Gasteiger partial charge in [0.25, 0.3) is 0 Å². The molecular weight excluding hydrogens is 302 g/mol. The van der Waals surface area contributed by atoms with Crippen LogP contribution in [0.1, 0.15) is 25.1 Å². The van der Waals surface area contributed by atoms with Gasteiger partial charge in [-0.3, -0.25) is 4.90 Å². The molecule has 4 rings (SSSR count). The van der Waals surface area contributed by atoms with Crippen molar-refractivity contribution in [3.63, 3.8) is 0 Å². The Balaban J connectivity index is 1.67. The molecule has 0 unspecified atom stereocenters. The third-order valence-corrected chi connectivity index (χ3v) is 5.11. The Morgan fingerprint density at radius 2 is 2.05 bits per heavy atom. The van der Waals surface area contributed by atoms with Gasteiger partial charge in [0.15, 0.2) is 0 Å². The fourth-order valence-electron chi connectivity index (χ4n) is 3.29. The Morgan fingerprint density at radius 3 is 2.84 bits per heavy atom. The van der Waals surface area contributed by atoms with E-state index in [0.29, 0.717) is 0 Å². The first kappa shape index (κ1) is 11.9. The van der Waals surface area contributed by atoms with Gasteiger partial charge in [0.05, 0.1) is 11.0 Å². The molecule has 0 saturated heterocycles. The zero-order valence-corrected chi connectivity index (χ0v) is 12.6. The number of rotatable bonds is 1. The van der Waals surface area contributed by atoms with Crippen molar-refractivity contribution in [2.75, 3.05) is 13.1 Å². The minimum atomic E-state index is 0.850. The van der Waals surface area contributed by atoms with E-state index in [-0.39, 0.29) is 0 Å². The van der Waals surface area contributed by atoms with Crippen LogP contribution in [0.15, 0.2) is 22.7 Å². The predicted molar refractivity (Wildman–Crippen MR) is 80.3 cm³/mol. The number of halogens is 1. The first-order valence-corrected chi connectivity index (χ1v) is 7.99. The van der Waals surface area contributed by atoms with Gasteiger partial charge in [-0.25, -0.2) is 4.98 Å². The SMILES string of the molecule is Brc1ccc2nc3n(c2c1)CCN(C1CCC1)CC3. The Morgan fingerprint density at radius 1 is 1.16 bits per heavy atom. The number of nitrogens with zero attached hydrogens (tertiary/aromatic N) is 3. The van der Waals surface area contributed by atoms with Crippen molar-refractivity contribution in [1.82, 2.24) is 14.5 Å². The Hall–Kier alpha value is -0.870. The van der Waals surface area contributed by atoms with Gasteiger partial charge in [0.2, 0.25) is 0 Å². The summed E-state index contributed by atoms with van der Waals surface area (Å²) in [6.45, 7) is 3.43. The van der Waals surface area contributed by atoms with E-state index in [1.165, 1.54) is 43.7 Å². The van der Waals surface area contributed by atoms with Crippen LogP contribution < -0.4 is 0 Å². The van der Waals surface area contributed by atoms with Crippen LogP contribution in [0.3, 0.4) is 0 Å². The van der Waals surface area contributed by atoms with Crippen molar-refractivity contribution >= 4 is 27.0 Å². The lowest BCUT2D eigenvalue weighted by atomic mass is 9.91. The molecule has 3 nitrogen and oxygen atoms in total. The highest BCUT2D eigenvalue weighted by Crippen LogP contribution is 2.28. The monoisotopic (exact) mass is 319 g/mol. The van der Waals surface area contributed by atoms with Crippen molar-refractivity contribution in [2.45, 2.75) is 38.3 Å². The molecule has 1 aromatic carbocycles. The summed E-state index contributed by atoms with van der Waals surface area (Å²) in [6.07, 6.45) is 5.30. The van der Waals surface area contributed by atoms with E-state index in [0.717, 1.165) is 29.0 Å². The van der Waals surface area contributed by atoms with Crippen LogP contribution >= 0.6 is 15.9 Å². The van der Waals surface area contributed by atoms with Gasteiger partial charge >= 0.3 is 0 Å². The lowest BCUT2D eigenvalue weighted by molar-refractivity contribution is 0.130. The third-order valence-electron chi connectivity index (χ3n) is 4.61. The molecule has 0 bridgehead atoms. The molecule has 100 valence electrons.